The quantitative estimate of drug-likeness (QED) is 0.760. The van der Waals surface area contributed by atoms with Crippen LogP contribution in [0.3, 0.4) is 0 Å². The molecule has 0 aliphatic carbocycles. The molecule has 0 fully saturated rings. The topological polar surface area (TPSA) is 84.5 Å². The lowest BCUT2D eigenvalue weighted by atomic mass is 9.86. The molecular weight excluding hydrogens is 364 g/mol. The Hall–Kier alpha value is -2.38. The van der Waals surface area contributed by atoms with Crippen molar-refractivity contribution in [3.8, 4) is 5.75 Å². The number of amides is 1. The van der Waals surface area contributed by atoms with Gasteiger partial charge in [0.15, 0.2) is 0 Å². The first-order valence-corrected chi connectivity index (χ1v) is 10.2. The van der Waals surface area contributed by atoms with Crippen LogP contribution in [0.2, 0.25) is 0 Å². The number of carbonyl (C=O) groups excluding carboxylic acids is 1. The molecule has 1 amide bonds. The molecule has 0 atom stereocenters. The molecule has 2 N–H and O–H groups in total. The van der Waals surface area contributed by atoms with E-state index in [0.29, 0.717) is 18.0 Å². The summed E-state index contributed by atoms with van der Waals surface area (Å²) in [7, 11) is -3.78. The van der Waals surface area contributed by atoms with Crippen molar-refractivity contribution in [2.45, 2.75) is 38.0 Å². The van der Waals surface area contributed by atoms with Gasteiger partial charge in [-0.05, 0) is 48.2 Å². The first kappa shape index (κ1) is 20.9. The fraction of sp³-hybridized carbons (Fsp3) is 0.350. The monoisotopic (exact) mass is 390 g/mol. The van der Waals surface area contributed by atoms with Crippen molar-refractivity contribution in [1.29, 1.82) is 0 Å². The minimum atomic E-state index is -3.78. The lowest BCUT2D eigenvalue weighted by Crippen LogP contribution is -2.33. The summed E-state index contributed by atoms with van der Waals surface area (Å²) in [6, 6.07) is 13.5. The molecule has 0 unspecified atom stereocenters. The minimum absolute atomic E-state index is 0.0776. The lowest BCUT2D eigenvalue weighted by Gasteiger charge is -2.23. The van der Waals surface area contributed by atoms with Crippen LogP contribution in [-0.4, -0.2) is 27.5 Å². The van der Waals surface area contributed by atoms with Crippen LogP contribution in [0.4, 0.5) is 5.69 Å². The summed E-state index contributed by atoms with van der Waals surface area (Å²) in [5.41, 5.74) is 1.51. The average molecular weight is 391 g/mol. The molecule has 2 rings (SSSR count). The smallest absolute Gasteiger partial charge is 0.241 e. The van der Waals surface area contributed by atoms with E-state index in [1.165, 1.54) is 12.1 Å². The predicted molar refractivity (Wildman–Crippen MR) is 107 cm³/mol. The van der Waals surface area contributed by atoms with Gasteiger partial charge in [0.05, 0.1) is 18.0 Å². The van der Waals surface area contributed by atoms with Gasteiger partial charge in [0, 0.05) is 5.69 Å². The van der Waals surface area contributed by atoms with E-state index in [9.17, 15) is 13.2 Å². The standard InChI is InChI=1S/C20H26N2O4S/c1-5-26-15-10-12-16(13-11-15)27(24,25)21-14-19(23)22-18-9-7-6-8-17(18)20(2,3)4/h6-13,21H,5,14H2,1-4H3,(H,22,23). The van der Waals surface area contributed by atoms with Crippen molar-refractivity contribution in [3.05, 3.63) is 54.1 Å². The highest BCUT2D eigenvalue weighted by atomic mass is 32.2. The molecule has 0 spiro atoms. The Balaban J connectivity index is 2.03. The second-order valence-corrected chi connectivity index (χ2v) is 8.84. The van der Waals surface area contributed by atoms with Gasteiger partial charge in [-0.2, -0.15) is 0 Å². The Bertz CT molecular complexity index is 885. The van der Waals surface area contributed by atoms with Crippen LogP contribution < -0.4 is 14.8 Å². The zero-order chi connectivity index (χ0) is 20.1. The molecule has 7 heteroatoms. The fourth-order valence-electron chi connectivity index (χ4n) is 2.57. The normalized spacial score (nSPS) is 11.9. The zero-order valence-corrected chi connectivity index (χ0v) is 16.9. The highest BCUT2D eigenvalue weighted by Crippen LogP contribution is 2.29. The van der Waals surface area contributed by atoms with Crippen molar-refractivity contribution in [2.24, 2.45) is 0 Å². The van der Waals surface area contributed by atoms with Gasteiger partial charge in [0.25, 0.3) is 0 Å². The second-order valence-electron chi connectivity index (χ2n) is 7.07. The Morgan fingerprint density at radius 2 is 1.67 bits per heavy atom. The molecule has 146 valence electrons. The SMILES string of the molecule is CCOc1ccc(S(=O)(=O)NCC(=O)Nc2ccccc2C(C)(C)C)cc1. The van der Waals surface area contributed by atoms with Gasteiger partial charge < -0.3 is 10.1 Å². The van der Waals surface area contributed by atoms with Crippen molar-refractivity contribution in [1.82, 2.24) is 4.72 Å². The summed E-state index contributed by atoms with van der Waals surface area (Å²) in [6.07, 6.45) is 0. The summed E-state index contributed by atoms with van der Waals surface area (Å²) in [6.45, 7) is 8.14. The van der Waals surface area contributed by atoms with E-state index in [1.807, 2.05) is 45.9 Å². The number of rotatable bonds is 7. The Morgan fingerprint density at radius 1 is 1.04 bits per heavy atom. The van der Waals surface area contributed by atoms with Crippen molar-refractivity contribution in [2.75, 3.05) is 18.5 Å². The maximum atomic E-state index is 12.4. The third-order valence-electron chi connectivity index (χ3n) is 3.88. The van der Waals surface area contributed by atoms with Crippen molar-refractivity contribution in [3.63, 3.8) is 0 Å². The molecule has 0 aliphatic rings. The first-order valence-electron chi connectivity index (χ1n) is 8.75. The number of ether oxygens (including phenoxy) is 1. The van der Waals surface area contributed by atoms with E-state index in [4.69, 9.17) is 4.74 Å². The van der Waals surface area contributed by atoms with Gasteiger partial charge in [-0.3, -0.25) is 4.79 Å². The number of sulfonamides is 1. The Morgan fingerprint density at radius 3 is 2.26 bits per heavy atom. The van der Waals surface area contributed by atoms with Crippen LogP contribution in [-0.2, 0) is 20.2 Å². The third-order valence-corrected chi connectivity index (χ3v) is 5.29. The maximum Gasteiger partial charge on any atom is 0.241 e. The summed E-state index contributed by atoms with van der Waals surface area (Å²) < 4.78 is 32.3. The molecule has 0 radical (unpaired) electrons. The molecule has 2 aromatic carbocycles. The molecule has 6 nitrogen and oxygen atoms in total. The van der Waals surface area contributed by atoms with Crippen LogP contribution in [0.15, 0.2) is 53.4 Å². The van der Waals surface area contributed by atoms with Gasteiger partial charge in [-0.25, -0.2) is 13.1 Å². The third kappa shape index (κ3) is 5.80. The van der Waals surface area contributed by atoms with Gasteiger partial charge >= 0.3 is 0 Å². The van der Waals surface area contributed by atoms with Crippen molar-refractivity contribution >= 4 is 21.6 Å². The van der Waals surface area contributed by atoms with Crippen LogP contribution >= 0.6 is 0 Å². The van der Waals surface area contributed by atoms with E-state index >= 15 is 0 Å². The number of anilines is 1. The average Bonchev–Trinajstić information content (AvgIpc) is 2.60. The van der Waals surface area contributed by atoms with Crippen LogP contribution in [0.1, 0.15) is 33.3 Å². The van der Waals surface area contributed by atoms with Crippen LogP contribution in [0, 0.1) is 0 Å². The molecule has 0 saturated carbocycles. The highest BCUT2D eigenvalue weighted by molar-refractivity contribution is 7.89. The van der Waals surface area contributed by atoms with Crippen LogP contribution in [0.5, 0.6) is 5.75 Å². The van der Waals surface area contributed by atoms with E-state index in [-0.39, 0.29) is 16.9 Å². The predicted octanol–water partition coefficient (Wildman–Crippen LogP) is 3.30. The first-order chi connectivity index (χ1) is 12.6. The van der Waals surface area contributed by atoms with E-state index in [1.54, 1.807) is 18.2 Å². The van der Waals surface area contributed by atoms with Gasteiger partial charge in [0.2, 0.25) is 15.9 Å². The second kappa shape index (κ2) is 8.54. The number of nitrogens with one attached hydrogen (secondary N) is 2. The molecule has 0 aliphatic heterocycles. The summed E-state index contributed by atoms with van der Waals surface area (Å²) in [5, 5.41) is 2.78. The molecule has 0 aromatic heterocycles. The van der Waals surface area contributed by atoms with E-state index in [0.717, 1.165) is 5.56 Å². The number of benzene rings is 2. The van der Waals surface area contributed by atoms with E-state index < -0.39 is 15.9 Å². The largest absolute Gasteiger partial charge is 0.494 e. The summed E-state index contributed by atoms with van der Waals surface area (Å²) >= 11 is 0. The maximum absolute atomic E-state index is 12.4. The zero-order valence-electron chi connectivity index (χ0n) is 16.1. The highest BCUT2D eigenvalue weighted by Gasteiger charge is 2.20. The van der Waals surface area contributed by atoms with E-state index in [2.05, 4.69) is 10.0 Å². The lowest BCUT2D eigenvalue weighted by molar-refractivity contribution is -0.115. The number of para-hydroxylation sites is 1. The van der Waals surface area contributed by atoms with Gasteiger partial charge in [0.1, 0.15) is 5.75 Å². The van der Waals surface area contributed by atoms with Gasteiger partial charge in [-0.15, -0.1) is 0 Å². The summed E-state index contributed by atoms with van der Waals surface area (Å²) in [4.78, 5) is 12.3. The van der Waals surface area contributed by atoms with Crippen molar-refractivity contribution < 1.29 is 17.9 Å². The molecule has 0 heterocycles. The Kier molecular flexibility index (Phi) is 6.62. The molecule has 0 bridgehead atoms. The molecule has 2 aromatic rings. The fourth-order valence-corrected chi connectivity index (χ4v) is 3.55. The number of hydrogen-bond donors (Lipinski definition) is 2. The summed E-state index contributed by atoms with van der Waals surface area (Å²) in [5.74, 6) is 0.161. The van der Waals surface area contributed by atoms with Crippen LogP contribution in [0.25, 0.3) is 0 Å². The number of hydrogen-bond acceptors (Lipinski definition) is 4. The molecular formula is C20H26N2O4S. The number of carbonyl (C=O) groups is 1. The molecule has 27 heavy (non-hydrogen) atoms. The minimum Gasteiger partial charge on any atom is -0.494 e. The van der Waals surface area contributed by atoms with Gasteiger partial charge in [-0.1, -0.05) is 39.0 Å². The Labute approximate surface area is 161 Å². The molecule has 0 saturated heterocycles.